The molecule has 0 heterocycles. The van der Waals surface area contributed by atoms with E-state index in [1.807, 2.05) is 0 Å². The van der Waals surface area contributed by atoms with Crippen molar-refractivity contribution in [2.45, 2.75) is 0 Å². The Morgan fingerprint density at radius 1 is 1.75 bits per heavy atom. The molecule has 6 heteroatoms. The van der Waals surface area contributed by atoms with Gasteiger partial charge in [-0.3, -0.25) is 10.7 Å². The fourth-order valence-corrected chi connectivity index (χ4v) is 0.139. The van der Waals surface area contributed by atoms with Crippen molar-refractivity contribution in [2.75, 3.05) is 0 Å². The molecule has 0 aliphatic carbocycles. The molecule has 0 saturated carbocycles. The average molecular weight is 118 g/mol. The molecule has 0 spiro atoms. The zero-order chi connectivity index (χ0) is 6.57. The highest BCUT2D eigenvalue weighted by atomic mass is 16.7. The van der Waals surface area contributed by atoms with E-state index in [0.717, 1.165) is 0 Å². The molecule has 0 unspecified atom stereocenters. The summed E-state index contributed by atoms with van der Waals surface area (Å²) in [6.07, 6.45) is -0.947. The van der Waals surface area contributed by atoms with Gasteiger partial charge in [-0.1, -0.05) is 0 Å². The Kier molecular flexibility index (Phi) is 2.35. The highest BCUT2D eigenvalue weighted by Crippen LogP contribution is 1.62. The molecule has 0 atom stereocenters. The lowest BCUT2D eigenvalue weighted by molar-refractivity contribution is 0.153. The first-order chi connectivity index (χ1) is 3.66. The van der Waals surface area contributed by atoms with Gasteiger partial charge in [0.05, 0.1) is 0 Å². The van der Waals surface area contributed by atoms with Gasteiger partial charge in [0, 0.05) is 0 Å². The molecule has 0 bridgehead atoms. The van der Waals surface area contributed by atoms with Crippen molar-refractivity contribution in [1.82, 2.24) is 5.32 Å². The van der Waals surface area contributed by atoms with Gasteiger partial charge in [0.25, 0.3) is 0 Å². The molecule has 0 rings (SSSR count). The molecule has 0 aliphatic rings. The number of carbonyl (C=O) groups excluding carboxylic acids is 1. The van der Waals surface area contributed by atoms with Gasteiger partial charge in [0.2, 0.25) is 0 Å². The molecule has 8 heavy (non-hydrogen) atoms. The smallest absolute Gasteiger partial charge is 0.370 e. The van der Waals surface area contributed by atoms with Crippen molar-refractivity contribution in [2.24, 2.45) is 11.6 Å². The van der Waals surface area contributed by atoms with Gasteiger partial charge in [-0.2, -0.15) is 5.90 Å². The zero-order valence-corrected chi connectivity index (χ0v) is 3.97. The minimum absolute atomic E-state index is 0.500. The summed E-state index contributed by atoms with van der Waals surface area (Å²) in [5, 5.41) is 8.21. The second kappa shape index (κ2) is 2.80. The molecule has 0 fully saturated rings. The summed E-state index contributed by atoms with van der Waals surface area (Å²) in [6, 6.07) is 0. The van der Waals surface area contributed by atoms with Gasteiger partial charge >= 0.3 is 6.09 Å². The quantitative estimate of drug-likeness (QED) is 0.175. The van der Waals surface area contributed by atoms with Crippen LogP contribution in [-0.4, -0.2) is 12.1 Å². The van der Waals surface area contributed by atoms with Crippen LogP contribution in [0, 0.1) is 5.41 Å². The molecule has 6 nitrogen and oxygen atoms in total. The van der Waals surface area contributed by atoms with E-state index in [2.05, 4.69) is 16.5 Å². The number of nitrogens with two attached hydrogens (primary N) is 2. The normalized spacial score (nSPS) is 7.62. The van der Waals surface area contributed by atoms with Crippen LogP contribution in [-0.2, 0) is 4.84 Å². The van der Waals surface area contributed by atoms with E-state index in [0.29, 0.717) is 0 Å². The van der Waals surface area contributed by atoms with Crippen molar-refractivity contribution in [3.8, 4) is 0 Å². The highest BCUT2D eigenvalue weighted by molar-refractivity contribution is 5.90. The van der Waals surface area contributed by atoms with Crippen molar-refractivity contribution in [3.05, 3.63) is 0 Å². The Labute approximate surface area is 45.2 Å². The van der Waals surface area contributed by atoms with Crippen LogP contribution >= 0.6 is 0 Å². The van der Waals surface area contributed by atoms with Crippen molar-refractivity contribution in [1.29, 1.82) is 5.41 Å². The topological polar surface area (TPSA) is 114 Å². The summed E-state index contributed by atoms with van der Waals surface area (Å²) < 4.78 is 0. The lowest BCUT2D eigenvalue weighted by Crippen LogP contribution is -2.37. The van der Waals surface area contributed by atoms with E-state index in [1.165, 1.54) is 0 Å². The van der Waals surface area contributed by atoms with E-state index in [4.69, 9.17) is 5.41 Å². The molecule has 0 aromatic carbocycles. The van der Waals surface area contributed by atoms with E-state index in [9.17, 15) is 4.79 Å². The fraction of sp³-hybridized carbons (Fsp3) is 0. The summed E-state index contributed by atoms with van der Waals surface area (Å²) >= 11 is 0. The van der Waals surface area contributed by atoms with Gasteiger partial charge in [-0.05, 0) is 0 Å². The summed E-state index contributed by atoms with van der Waals surface area (Å²) in [6.45, 7) is 0. The molecule has 0 aliphatic heterocycles. The standard InChI is InChI=1S/C2H6N4O2/c3-1(4)6-2(7)8-5/h5H2,(H4,3,4,6,7). The average Bonchev–Trinajstić information content (AvgIpc) is 1.65. The monoisotopic (exact) mass is 118 g/mol. The SMILES string of the molecule is N=C(N)NC(=O)ON. The molecule has 6 N–H and O–H groups in total. The fourth-order valence-electron chi connectivity index (χ4n) is 0.139. The first-order valence-electron chi connectivity index (χ1n) is 1.68. The van der Waals surface area contributed by atoms with Gasteiger partial charge in [0.1, 0.15) is 0 Å². The Morgan fingerprint density at radius 3 is 2.38 bits per heavy atom. The van der Waals surface area contributed by atoms with E-state index < -0.39 is 12.1 Å². The van der Waals surface area contributed by atoms with Gasteiger partial charge < -0.3 is 10.6 Å². The lowest BCUT2D eigenvalue weighted by Gasteiger charge is -1.95. The van der Waals surface area contributed by atoms with Crippen molar-refractivity contribution in [3.63, 3.8) is 0 Å². The molecule has 0 aromatic heterocycles. The Bertz CT molecular complexity index is 111. The summed E-state index contributed by atoms with van der Waals surface area (Å²) in [4.78, 5) is 13.5. The number of guanidine groups is 1. The molecule has 0 radical (unpaired) electrons. The number of hydrogen-bond donors (Lipinski definition) is 4. The van der Waals surface area contributed by atoms with Gasteiger partial charge in [-0.25, -0.2) is 4.79 Å². The van der Waals surface area contributed by atoms with E-state index in [-0.39, 0.29) is 0 Å². The number of amides is 1. The van der Waals surface area contributed by atoms with Crippen LogP contribution in [0.3, 0.4) is 0 Å². The molecular formula is C2H6N4O2. The minimum atomic E-state index is -0.947. The summed E-state index contributed by atoms with van der Waals surface area (Å²) in [5.74, 6) is 3.86. The van der Waals surface area contributed by atoms with Crippen LogP contribution in [0.2, 0.25) is 0 Å². The summed E-state index contributed by atoms with van der Waals surface area (Å²) in [7, 11) is 0. The summed E-state index contributed by atoms with van der Waals surface area (Å²) in [5.41, 5.74) is 4.68. The zero-order valence-electron chi connectivity index (χ0n) is 3.97. The third-order valence-electron chi connectivity index (χ3n) is 0.344. The molecule has 46 valence electrons. The molecule has 0 aromatic rings. The number of nitrogens with one attached hydrogen (secondary N) is 2. The van der Waals surface area contributed by atoms with Crippen LogP contribution in [0.1, 0.15) is 0 Å². The maximum absolute atomic E-state index is 9.94. The van der Waals surface area contributed by atoms with Crippen molar-refractivity contribution >= 4 is 12.1 Å². The minimum Gasteiger partial charge on any atom is -0.370 e. The van der Waals surface area contributed by atoms with Gasteiger partial charge in [-0.15, -0.1) is 0 Å². The van der Waals surface area contributed by atoms with Crippen LogP contribution in [0.5, 0.6) is 0 Å². The second-order valence-corrected chi connectivity index (χ2v) is 0.944. The highest BCUT2D eigenvalue weighted by Gasteiger charge is 1.96. The third-order valence-corrected chi connectivity index (χ3v) is 0.344. The predicted octanol–water partition coefficient (Wildman–Crippen LogP) is -1.52. The lowest BCUT2D eigenvalue weighted by atomic mass is 10.9. The van der Waals surface area contributed by atoms with Gasteiger partial charge in [0.15, 0.2) is 5.96 Å². The van der Waals surface area contributed by atoms with Crippen LogP contribution in [0.25, 0.3) is 0 Å². The van der Waals surface area contributed by atoms with Crippen LogP contribution in [0.4, 0.5) is 4.79 Å². The Hall–Kier alpha value is -1.30. The van der Waals surface area contributed by atoms with Crippen LogP contribution < -0.4 is 16.9 Å². The second-order valence-electron chi connectivity index (χ2n) is 0.944. The molecule has 0 saturated heterocycles. The van der Waals surface area contributed by atoms with Crippen molar-refractivity contribution < 1.29 is 9.63 Å². The molecule has 1 amide bonds. The van der Waals surface area contributed by atoms with E-state index >= 15 is 0 Å². The predicted molar refractivity (Wildman–Crippen MR) is 25.7 cm³/mol. The Morgan fingerprint density at radius 2 is 2.25 bits per heavy atom. The van der Waals surface area contributed by atoms with Crippen LogP contribution in [0.15, 0.2) is 0 Å². The maximum atomic E-state index is 9.94. The number of hydrogen-bond acceptors (Lipinski definition) is 4. The number of carbonyl (C=O) groups is 1. The van der Waals surface area contributed by atoms with E-state index in [1.54, 1.807) is 5.32 Å². The first kappa shape index (κ1) is 6.70. The third kappa shape index (κ3) is 2.91. The maximum Gasteiger partial charge on any atom is 0.432 e. The largest absolute Gasteiger partial charge is 0.432 e. The number of rotatable bonds is 0. The first-order valence-corrected chi connectivity index (χ1v) is 1.68. The molecular weight excluding hydrogens is 112 g/mol. The Balaban J connectivity index is 3.40.